The highest BCUT2D eigenvalue weighted by atomic mass is 16.7. The molecular formula is C29H41NO5. The van der Waals surface area contributed by atoms with Crippen molar-refractivity contribution in [2.45, 2.75) is 103 Å². The van der Waals surface area contributed by atoms with E-state index in [0.717, 1.165) is 37.7 Å². The summed E-state index contributed by atoms with van der Waals surface area (Å²) in [4.78, 5) is 38.1. The number of esters is 1. The number of fused-ring (bicyclic) bond motifs is 1. The van der Waals surface area contributed by atoms with Crippen LogP contribution in [0.25, 0.3) is 0 Å². The lowest BCUT2D eigenvalue weighted by Gasteiger charge is -2.27. The number of hydrogen-bond acceptors (Lipinski definition) is 5. The molecule has 1 aliphatic rings. The number of rotatable bonds is 17. The Morgan fingerprint density at radius 2 is 1.63 bits per heavy atom. The third kappa shape index (κ3) is 10.5. The van der Waals surface area contributed by atoms with E-state index in [0.29, 0.717) is 6.42 Å². The summed E-state index contributed by atoms with van der Waals surface area (Å²) in [5.74, 6) is 2.03. The summed E-state index contributed by atoms with van der Waals surface area (Å²) in [6.07, 6.45) is 18.0. The third-order valence-corrected chi connectivity index (χ3v) is 6.54. The molecule has 0 radical (unpaired) electrons. The van der Waals surface area contributed by atoms with Crippen LogP contribution < -0.4 is 0 Å². The van der Waals surface area contributed by atoms with Crippen LogP contribution >= 0.6 is 0 Å². The van der Waals surface area contributed by atoms with Crippen LogP contribution in [0.2, 0.25) is 0 Å². The standard InChI is InChI=1S/C29H41NO5/c1-3-5-6-7-8-9-10-11-12-16-25(31)19-21-28(32)34-23-35-29(33)30(22-4-2)27-20-18-24-15-13-14-17-26(24)27/h2,13-15,17,27H,3,5-12,16,18-23H2,1H3/t27-/m1/s1. The summed E-state index contributed by atoms with van der Waals surface area (Å²) in [5.41, 5.74) is 2.27. The van der Waals surface area contributed by atoms with Gasteiger partial charge in [-0.05, 0) is 30.4 Å². The third-order valence-electron chi connectivity index (χ3n) is 6.54. The number of carbonyl (C=O) groups excluding carboxylic acids is 3. The van der Waals surface area contributed by atoms with Crippen LogP contribution in [0.3, 0.4) is 0 Å². The van der Waals surface area contributed by atoms with E-state index in [4.69, 9.17) is 15.9 Å². The zero-order chi connectivity index (χ0) is 25.3. The Morgan fingerprint density at radius 3 is 2.34 bits per heavy atom. The maximum Gasteiger partial charge on any atom is 0.413 e. The van der Waals surface area contributed by atoms with Crippen LogP contribution in [0.1, 0.15) is 108 Å². The molecule has 2 rings (SSSR count). The SMILES string of the molecule is C#CCN(C(=O)OCOC(=O)CCC(=O)CCCCCCCCCCC)[C@@H]1CCc2ccccc21. The molecule has 0 heterocycles. The molecule has 0 aromatic heterocycles. The maximum atomic E-state index is 12.6. The number of nitrogens with zero attached hydrogens (tertiary/aromatic N) is 1. The van der Waals surface area contributed by atoms with E-state index < -0.39 is 18.9 Å². The smallest absolute Gasteiger partial charge is 0.413 e. The number of Topliss-reactive ketones (excluding diaryl/α,β-unsaturated/α-hetero) is 1. The molecule has 1 atom stereocenters. The first-order chi connectivity index (χ1) is 17.1. The molecule has 0 aliphatic heterocycles. The Bertz CT molecular complexity index is 844. The van der Waals surface area contributed by atoms with Crippen molar-refractivity contribution in [2.24, 2.45) is 0 Å². The van der Waals surface area contributed by atoms with Gasteiger partial charge in [0, 0.05) is 12.8 Å². The highest BCUT2D eigenvalue weighted by molar-refractivity contribution is 5.82. The minimum atomic E-state index is -0.612. The Hall–Kier alpha value is -2.81. The highest BCUT2D eigenvalue weighted by Gasteiger charge is 2.31. The van der Waals surface area contributed by atoms with Crippen LogP contribution in [0.5, 0.6) is 0 Å². The van der Waals surface area contributed by atoms with Gasteiger partial charge in [-0.25, -0.2) is 4.79 Å². The van der Waals surface area contributed by atoms with Gasteiger partial charge in [0.15, 0.2) is 0 Å². The first kappa shape index (κ1) is 28.4. The number of amides is 1. The van der Waals surface area contributed by atoms with E-state index in [2.05, 4.69) is 12.8 Å². The Morgan fingerprint density at radius 1 is 0.943 bits per heavy atom. The van der Waals surface area contributed by atoms with Crippen LogP contribution in [-0.4, -0.2) is 36.1 Å². The van der Waals surface area contributed by atoms with Gasteiger partial charge in [0.25, 0.3) is 0 Å². The normalized spacial score (nSPS) is 14.1. The van der Waals surface area contributed by atoms with Crippen LogP contribution in [0.15, 0.2) is 24.3 Å². The Labute approximate surface area is 210 Å². The van der Waals surface area contributed by atoms with Gasteiger partial charge in [-0.2, -0.15) is 0 Å². The molecule has 1 amide bonds. The summed E-state index contributed by atoms with van der Waals surface area (Å²) in [5, 5.41) is 0. The molecule has 0 bridgehead atoms. The van der Waals surface area contributed by atoms with Gasteiger partial charge in [0.05, 0.1) is 19.0 Å². The van der Waals surface area contributed by atoms with E-state index in [9.17, 15) is 14.4 Å². The zero-order valence-corrected chi connectivity index (χ0v) is 21.3. The molecule has 0 saturated heterocycles. The lowest BCUT2D eigenvalue weighted by atomic mass is 10.0. The van der Waals surface area contributed by atoms with E-state index >= 15 is 0 Å². The molecule has 0 unspecified atom stereocenters. The molecule has 0 saturated carbocycles. The predicted molar refractivity (Wildman–Crippen MR) is 137 cm³/mol. The Balaban J connectivity index is 1.57. The van der Waals surface area contributed by atoms with Gasteiger partial charge in [-0.1, -0.05) is 88.5 Å². The van der Waals surface area contributed by atoms with Crippen LogP contribution in [0, 0.1) is 12.3 Å². The number of terminal acetylenes is 1. The molecule has 0 N–H and O–H groups in total. The van der Waals surface area contributed by atoms with Gasteiger partial charge in [-0.15, -0.1) is 6.42 Å². The summed E-state index contributed by atoms with van der Waals surface area (Å²) < 4.78 is 10.2. The molecule has 1 aliphatic carbocycles. The fourth-order valence-corrected chi connectivity index (χ4v) is 4.56. The summed E-state index contributed by atoms with van der Waals surface area (Å²) in [6, 6.07) is 7.81. The second-order valence-corrected chi connectivity index (χ2v) is 9.25. The lowest BCUT2D eigenvalue weighted by molar-refractivity contribution is -0.153. The van der Waals surface area contributed by atoms with E-state index in [1.54, 1.807) is 0 Å². The Kier molecular flexibility index (Phi) is 13.6. The monoisotopic (exact) mass is 483 g/mol. The van der Waals surface area contributed by atoms with Crippen LogP contribution in [0.4, 0.5) is 4.79 Å². The van der Waals surface area contributed by atoms with Crippen molar-refractivity contribution in [3.63, 3.8) is 0 Å². The molecule has 6 nitrogen and oxygen atoms in total. The summed E-state index contributed by atoms with van der Waals surface area (Å²) >= 11 is 0. The molecule has 192 valence electrons. The average molecular weight is 484 g/mol. The first-order valence-corrected chi connectivity index (χ1v) is 13.2. The second-order valence-electron chi connectivity index (χ2n) is 9.25. The minimum absolute atomic E-state index is 0.00210. The number of carbonyl (C=O) groups is 3. The molecular weight excluding hydrogens is 442 g/mol. The minimum Gasteiger partial charge on any atom is -0.428 e. The molecule has 35 heavy (non-hydrogen) atoms. The fourth-order valence-electron chi connectivity index (χ4n) is 4.56. The number of ether oxygens (including phenoxy) is 2. The number of unbranched alkanes of at least 4 members (excludes halogenated alkanes) is 8. The quantitative estimate of drug-likeness (QED) is 0.109. The van der Waals surface area contributed by atoms with E-state index in [-0.39, 0.29) is 31.2 Å². The van der Waals surface area contributed by atoms with Crippen molar-refractivity contribution in [1.82, 2.24) is 4.90 Å². The zero-order valence-electron chi connectivity index (χ0n) is 21.3. The number of ketones is 1. The van der Waals surface area contributed by atoms with Crippen molar-refractivity contribution in [2.75, 3.05) is 13.3 Å². The number of hydrogen-bond donors (Lipinski definition) is 0. The van der Waals surface area contributed by atoms with Crippen molar-refractivity contribution in [3.05, 3.63) is 35.4 Å². The van der Waals surface area contributed by atoms with E-state index in [1.807, 2.05) is 24.3 Å². The lowest BCUT2D eigenvalue weighted by Crippen LogP contribution is -2.35. The molecule has 0 fully saturated rings. The van der Waals surface area contributed by atoms with Crippen molar-refractivity contribution >= 4 is 17.8 Å². The average Bonchev–Trinajstić information content (AvgIpc) is 3.28. The van der Waals surface area contributed by atoms with Crippen LogP contribution in [-0.2, 0) is 25.5 Å². The maximum absolute atomic E-state index is 12.6. The number of aryl methyl sites for hydroxylation is 1. The molecule has 6 heteroatoms. The van der Waals surface area contributed by atoms with Crippen molar-refractivity contribution in [3.8, 4) is 12.3 Å². The first-order valence-electron chi connectivity index (χ1n) is 13.2. The molecule has 0 spiro atoms. The van der Waals surface area contributed by atoms with Gasteiger partial charge >= 0.3 is 12.1 Å². The van der Waals surface area contributed by atoms with Gasteiger partial charge in [0.1, 0.15) is 5.78 Å². The highest BCUT2D eigenvalue weighted by Crippen LogP contribution is 2.35. The van der Waals surface area contributed by atoms with Gasteiger partial charge in [0.2, 0.25) is 6.79 Å². The van der Waals surface area contributed by atoms with Crippen molar-refractivity contribution < 1.29 is 23.9 Å². The topological polar surface area (TPSA) is 72.9 Å². The van der Waals surface area contributed by atoms with Crippen molar-refractivity contribution in [1.29, 1.82) is 0 Å². The predicted octanol–water partition coefficient (Wildman–Crippen LogP) is 6.52. The summed E-state index contributed by atoms with van der Waals surface area (Å²) in [7, 11) is 0. The largest absolute Gasteiger partial charge is 0.428 e. The second kappa shape index (κ2) is 16.8. The molecule has 1 aromatic rings. The summed E-state index contributed by atoms with van der Waals surface area (Å²) in [6.45, 7) is 1.84. The van der Waals surface area contributed by atoms with Gasteiger partial charge < -0.3 is 9.47 Å². The van der Waals surface area contributed by atoms with Gasteiger partial charge in [-0.3, -0.25) is 14.5 Å². The number of benzene rings is 1. The fraction of sp³-hybridized carbons (Fsp3) is 0.621. The van der Waals surface area contributed by atoms with E-state index in [1.165, 1.54) is 49.0 Å². The molecule has 1 aromatic carbocycles.